The summed E-state index contributed by atoms with van der Waals surface area (Å²) >= 11 is 3.86. The van der Waals surface area contributed by atoms with E-state index >= 15 is 4.57 Å². The van der Waals surface area contributed by atoms with Gasteiger partial charge in [-0.25, -0.2) is 4.98 Å². The maximum atomic E-state index is 15.6. The lowest BCUT2D eigenvalue weighted by Crippen LogP contribution is -2.25. The second-order valence-electron chi connectivity index (χ2n) is 14.3. The number of nitrogens with zero attached hydrogens (tertiary/aromatic N) is 1. The van der Waals surface area contributed by atoms with E-state index < -0.39 is 12.6 Å². The van der Waals surface area contributed by atoms with Crippen LogP contribution in [0, 0.1) is 0 Å². The normalized spacial score (nSPS) is 13.5. The first kappa shape index (κ1) is 31.6. The quantitative estimate of drug-likeness (QED) is 0.132. The van der Waals surface area contributed by atoms with Gasteiger partial charge in [0.2, 0.25) is 0 Å². The maximum Gasteiger partial charge on any atom is 0.171 e. The van der Waals surface area contributed by atoms with Crippen LogP contribution >= 0.6 is 23.1 Å². The fourth-order valence-electron chi connectivity index (χ4n) is 9.46. The molecular formula is C50H31BrNOP. The highest BCUT2D eigenvalue weighted by Crippen LogP contribution is 2.64. The van der Waals surface area contributed by atoms with Gasteiger partial charge in [0.15, 0.2) is 7.14 Å². The molecule has 1 heterocycles. The summed E-state index contributed by atoms with van der Waals surface area (Å²) in [6, 6.07) is 66.0. The van der Waals surface area contributed by atoms with Gasteiger partial charge in [-0.05, 0) is 68.8 Å². The van der Waals surface area contributed by atoms with E-state index in [1.807, 2.05) is 66.7 Å². The molecule has 1 aromatic heterocycles. The lowest BCUT2D eigenvalue weighted by Gasteiger charge is -2.30. The Labute approximate surface area is 322 Å². The van der Waals surface area contributed by atoms with Crippen LogP contribution in [0.25, 0.3) is 55.2 Å². The smallest absolute Gasteiger partial charge is 0.171 e. The van der Waals surface area contributed by atoms with Gasteiger partial charge in [-0.1, -0.05) is 180 Å². The van der Waals surface area contributed by atoms with E-state index in [-0.39, 0.29) is 0 Å². The predicted octanol–water partition coefficient (Wildman–Crippen LogP) is 11.8. The Morgan fingerprint density at radius 2 is 1.00 bits per heavy atom. The first-order valence-electron chi connectivity index (χ1n) is 18.3. The zero-order valence-electron chi connectivity index (χ0n) is 29.1. The molecule has 0 N–H and O–H groups in total. The highest BCUT2D eigenvalue weighted by Gasteiger charge is 2.52. The van der Waals surface area contributed by atoms with E-state index in [9.17, 15) is 0 Å². The van der Waals surface area contributed by atoms with Crippen LogP contribution in [0.5, 0.6) is 0 Å². The van der Waals surface area contributed by atoms with Crippen molar-refractivity contribution in [3.63, 3.8) is 0 Å². The Morgan fingerprint density at radius 1 is 0.463 bits per heavy atom. The van der Waals surface area contributed by atoms with Crippen molar-refractivity contribution >= 4 is 60.7 Å². The summed E-state index contributed by atoms with van der Waals surface area (Å²) in [4.78, 5) is 5.42. The van der Waals surface area contributed by atoms with Gasteiger partial charge < -0.3 is 4.57 Å². The Bertz CT molecular complexity index is 2960. The van der Waals surface area contributed by atoms with E-state index in [0.717, 1.165) is 47.9 Å². The SMILES string of the molecule is O=P(c1ccccc1)(c1ccccc1)c1cc(Br)cc(-c2nc3ccccc3c3c4c(ccc23)C2(c3ccccc3-c3ccccc32)c2ccccc2-4)c1. The number of rotatable bonds is 4. The Balaban J connectivity index is 1.24. The standard InChI is InChI=1S/C50H31BrNOP/c51-33-29-32(30-36(31-33)54(53,34-15-3-1-4-16-34)35-17-5-2-6-18-35)49-41-27-28-45-48(47(41)40-22-10-14-26-46(40)52-49)39-21-9-13-25-44(39)50(45)42-23-11-7-19-37(42)38-20-8-12-24-43(38)50/h1-31H. The summed E-state index contributed by atoms with van der Waals surface area (Å²) in [5, 5.41) is 5.74. The number of pyridine rings is 1. The van der Waals surface area contributed by atoms with Gasteiger partial charge in [-0.3, -0.25) is 0 Å². The van der Waals surface area contributed by atoms with E-state index in [4.69, 9.17) is 4.98 Å². The molecular weight excluding hydrogens is 741 g/mol. The fourth-order valence-corrected chi connectivity index (χ4v) is 12.8. The molecule has 0 fully saturated rings. The number of halogens is 1. The van der Waals surface area contributed by atoms with Gasteiger partial charge in [0, 0.05) is 42.1 Å². The van der Waals surface area contributed by atoms with E-state index in [1.54, 1.807) is 0 Å². The van der Waals surface area contributed by atoms with Crippen LogP contribution in [0.3, 0.4) is 0 Å². The number of para-hydroxylation sites is 1. The van der Waals surface area contributed by atoms with E-state index in [1.165, 1.54) is 49.9 Å². The molecule has 0 saturated carbocycles. The number of hydrogen-bond acceptors (Lipinski definition) is 2. The van der Waals surface area contributed by atoms with Crippen LogP contribution in [0.1, 0.15) is 22.3 Å². The lowest BCUT2D eigenvalue weighted by atomic mass is 9.70. The molecule has 1 spiro atoms. The van der Waals surface area contributed by atoms with Gasteiger partial charge in [0.05, 0.1) is 16.6 Å². The van der Waals surface area contributed by atoms with Crippen LogP contribution < -0.4 is 15.9 Å². The van der Waals surface area contributed by atoms with Gasteiger partial charge in [-0.2, -0.15) is 0 Å². The average molecular weight is 773 g/mol. The van der Waals surface area contributed by atoms with Crippen molar-refractivity contribution in [2.75, 3.05) is 0 Å². The zero-order chi connectivity index (χ0) is 36.0. The number of benzene rings is 8. The first-order chi connectivity index (χ1) is 26.6. The molecule has 4 heteroatoms. The molecule has 8 aromatic carbocycles. The average Bonchev–Trinajstić information content (AvgIpc) is 3.71. The summed E-state index contributed by atoms with van der Waals surface area (Å²) in [5.41, 5.74) is 12.6. The zero-order valence-corrected chi connectivity index (χ0v) is 31.6. The van der Waals surface area contributed by atoms with Gasteiger partial charge in [0.1, 0.15) is 0 Å². The molecule has 11 rings (SSSR count). The van der Waals surface area contributed by atoms with Crippen molar-refractivity contribution in [1.82, 2.24) is 4.98 Å². The molecule has 54 heavy (non-hydrogen) atoms. The number of fused-ring (bicyclic) bond motifs is 14. The largest absolute Gasteiger partial charge is 0.309 e. The molecule has 0 amide bonds. The summed E-state index contributed by atoms with van der Waals surface area (Å²) in [6.45, 7) is 0. The third-order valence-electron chi connectivity index (χ3n) is 11.6. The molecule has 9 aromatic rings. The molecule has 2 aliphatic rings. The van der Waals surface area contributed by atoms with Gasteiger partial charge in [0.25, 0.3) is 0 Å². The molecule has 2 nitrogen and oxygen atoms in total. The van der Waals surface area contributed by atoms with Crippen LogP contribution in [-0.4, -0.2) is 4.98 Å². The van der Waals surface area contributed by atoms with Crippen LogP contribution in [-0.2, 0) is 9.98 Å². The van der Waals surface area contributed by atoms with Crippen molar-refractivity contribution in [3.05, 3.63) is 215 Å². The molecule has 0 saturated heterocycles. The minimum Gasteiger partial charge on any atom is -0.309 e. The third-order valence-corrected chi connectivity index (χ3v) is 15.1. The second-order valence-corrected chi connectivity index (χ2v) is 17.9. The Kier molecular flexibility index (Phi) is 6.93. The van der Waals surface area contributed by atoms with Crippen molar-refractivity contribution in [2.24, 2.45) is 0 Å². The highest BCUT2D eigenvalue weighted by molar-refractivity contribution is 9.10. The molecule has 0 bridgehead atoms. The lowest BCUT2D eigenvalue weighted by molar-refractivity contribution is 0.592. The van der Waals surface area contributed by atoms with Crippen molar-refractivity contribution in [3.8, 4) is 33.5 Å². The minimum absolute atomic E-state index is 0.446. The molecule has 0 aliphatic heterocycles. The summed E-state index contributed by atoms with van der Waals surface area (Å²) < 4.78 is 16.5. The van der Waals surface area contributed by atoms with Gasteiger partial charge in [-0.15, -0.1) is 0 Å². The molecule has 0 radical (unpaired) electrons. The van der Waals surface area contributed by atoms with E-state index in [2.05, 4.69) is 137 Å². The minimum atomic E-state index is -3.25. The molecule has 254 valence electrons. The summed E-state index contributed by atoms with van der Waals surface area (Å²) in [7, 11) is -3.25. The Morgan fingerprint density at radius 3 is 1.65 bits per heavy atom. The van der Waals surface area contributed by atoms with Gasteiger partial charge >= 0.3 is 0 Å². The molecule has 0 atom stereocenters. The predicted molar refractivity (Wildman–Crippen MR) is 228 cm³/mol. The maximum absolute atomic E-state index is 15.6. The van der Waals surface area contributed by atoms with Crippen LogP contribution in [0.15, 0.2) is 193 Å². The van der Waals surface area contributed by atoms with Crippen molar-refractivity contribution in [1.29, 1.82) is 0 Å². The third kappa shape index (κ3) is 4.23. The van der Waals surface area contributed by atoms with Crippen LogP contribution in [0.2, 0.25) is 0 Å². The first-order valence-corrected chi connectivity index (χ1v) is 20.8. The Hall–Kier alpha value is -5.86. The second kappa shape index (κ2) is 11.8. The number of hydrogen-bond donors (Lipinski definition) is 0. The highest BCUT2D eigenvalue weighted by atomic mass is 79.9. The van der Waals surface area contributed by atoms with Crippen LogP contribution in [0.4, 0.5) is 0 Å². The van der Waals surface area contributed by atoms with Crippen molar-refractivity contribution < 1.29 is 4.57 Å². The summed E-state index contributed by atoms with van der Waals surface area (Å²) in [6.07, 6.45) is 0. The number of aromatic nitrogens is 1. The fraction of sp³-hybridized carbons (Fsp3) is 0.0200. The van der Waals surface area contributed by atoms with Crippen molar-refractivity contribution in [2.45, 2.75) is 5.41 Å². The topological polar surface area (TPSA) is 30.0 Å². The molecule has 0 unspecified atom stereocenters. The monoisotopic (exact) mass is 771 g/mol. The van der Waals surface area contributed by atoms with E-state index in [0.29, 0.717) is 0 Å². The summed E-state index contributed by atoms with van der Waals surface area (Å²) in [5.74, 6) is 0. The molecule has 2 aliphatic carbocycles.